The normalized spacial score (nSPS) is 14.8. The van der Waals surface area contributed by atoms with Crippen molar-refractivity contribution in [3.63, 3.8) is 0 Å². The lowest BCUT2D eigenvalue weighted by Crippen LogP contribution is -2.30. The zero-order valence-electron chi connectivity index (χ0n) is 18.0. The summed E-state index contributed by atoms with van der Waals surface area (Å²) in [6, 6.07) is 14.8. The molecular weight excluding hydrogens is 398 g/mol. The molecule has 0 radical (unpaired) electrons. The number of nitrogens with zero attached hydrogens (tertiary/aromatic N) is 2. The molecule has 1 N–H and O–H groups in total. The van der Waals surface area contributed by atoms with Crippen molar-refractivity contribution < 1.29 is 13.2 Å². The molecule has 2 aromatic carbocycles. The average Bonchev–Trinajstić information content (AvgIpc) is 3.29. The van der Waals surface area contributed by atoms with Gasteiger partial charge in [-0.3, -0.25) is 4.79 Å². The van der Waals surface area contributed by atoms with Gasteiger partial charge in [-0.2, -0.15) is 4.31 Å². The fraction of sp³-hybridized carbons (Fsp3) is 0.435. The van der Waals surface area contributed by atoms with Crippen molar-refractivity contribution in [2.75, 3.05) is 24.5 Å². The molecule has 1 amide bonds. The number of benzene rings is 2. The van der Waals surface area contributed by atoms with E-state index in [4.69, 9.17) is 0 Å². The topological polar surface area (TPSA) is 69.7 Å². The van der Waals surface area contributed by atoms with Crippen molar-refractivity contribution in [1.29, 1.82) is 0 Å². The van der Waals surface area contributed by atoms with Gasteiger partial charge in [-0.05, 0) is 75.6 Å². The summed E-state index contributed by atoms with van der Waals surface area (Å²) in [5.74, 6) is -0.150. The maximum atomic E-state index is 12.6. The van der Waals surface area contributed by atoms with E-state index in [9.17, 15) is 13.2 Å². The van der Waals surface area contributed by atoms with Crippen LogP contribution in [0.5, 0.6) is 0 Å². The highest BCUT2D eigenvalue weighted by atomic mass is 32.2. The molecule has 2 aromatic rings. The fourth-order valence-corrected chi connectivity index (χ4v) is 5.31. The van der Waals surface area contributed by atoms with Crippen LogP contribution in [0, 0.1) is 0 Å². The molecule has 0 saturated carbocycles. The van der Waals surface area contributed by atoms with Gasteiger partial charge in [0, 0.05) is 43.5 Å². The minimum atomic E-state index is -3.41. The van der Waals surface area contributed by atoms with E-state index in [0.717, 1.165) is 30.6 Å². The summed E-state index contributed by atoms with van der Waals surface area (Å²) in [6.07, 6.45) is 1.83. The van der Waals surface area contributed by atoms with Gasteiger partial charge in [0.25, 0.3) is 5.91 Å². The van der Waals surface area contributed by atoms with Gasteiger partial charge in [-0.25, -0.2) is 8.42 Å². The molecule has 162 valence electrons. The summed E-state index contributed by atoms with van der Waals surface area (Å²) in [4.78, 5) is 15.0. The standard InChI is InChI=1S/C23H31N3O3S/c1-4-26(18(2)3)21-11-9-20(10-12-21)23(27)24-17-19-7-13-22(14-8-19)30(28,29)25-15-5-6-16-25/h7-14,18H,4-6,15-17H2,1-3H3,(H,24,27). The molecular formula is C23H31N3O3S. The average molecular weight is 430 g/mol. The molecule has 0 aromatic heterocycles. The van der Waals surface area contributed by atoms with Gasteiger partial charge in [0.05, 0.1) is 4.90 Å². The van der Waals surface area contributed by atoms with Crippen molar-refractivity contribution >= 4 is 21.6 Å². The Balaban J connectivity index is 1.59. The molecule has 1 saturated heterocycles. The number of carbonyl (C=O) groups excluding carboxylic acids is 1. The highest BCUT2D eigenvalue weighted by Gasteiger charge is 2.26. The Labute approximate surface area is 179 Å². The Kier molecular flexibility index (Phi) is 7.15. The van der Waals surface area contributed by atoms with Crippen LogP contribution in [0.25, 0.3) is 0 Å². The minimum absolute atomic E-state index is 0.150. The maximum Gasteiger partial charge on any atom is 0.251 e. The van der Waals surface area contributed by atoms with E-state index in [-0.39, 0.29) is 5.91 Å². The summed E-state index contributed by atoms with van der Waals surface area (Å²) in [7, 11) is -3.41. The monoisotopic (exact) mass is 429 g/mol. The van der Waals surface area contributed by atoms with Crippen LogP contribution in [0.15, 0.2) is 53.4 Å². The van der Waals surface area contributed by atoms with Gasteiger partial charge in [0.15, 0.2) is 0 Å². The first kappa shape index (κ1) is 22.3. The number of hydrogen-bond acceptors (Lipinski definition) is 4. The Bertz CT molecular complexity index is 948. The number of carbonyl (C=O) groups is 1. The predicted molar refractivity (Wildman–Crippen MR) is 120 cm³/mol. The van der Waals surface area contributed by atoms with Gasteiger partial charge < -0.3 is 10.2 Å². The zero-order valence-corrected chi connectivity index (χ0v) is 18.8. The van der Waals surface area contributed by atoms with Crippen molar-refractivity contribution in [1.82, 2.24) is 9.62 Å². The van der Waals surface area contributed by atoms with Gasteiger partial charge in [-0.15, -0.1) is 0 Å². The van der Waals surface area contributed by atoms with E-state index in [2.05, 4.69) is 31.0 Å². The smallest absolute Gasteiger partial charge is 0.251 e. The lowest BCUT2D eigenvalue weighted by molar-refractivity contribution is 0.0951. The molecule has 0 atom stereocenters. The molecule has 30 heavy (non-hydrogen) atoms. The third-order valence-corrected chi connectivity index (χ3v) is 7.42. The van der Waals surface area contributed by atoms with E-state index in [1.807, 2.05) is 24.3 Å². The zero-order chi connectivity index (χ0) is 21.7. The van der Waals surface area contributed by atoms with Crippen LogP contribution in [-0.2, 0) is 16.6 Å². The van der Waals surface area contributed by atoms with Crippen molar-refractivity contribution in [3.05, 3.63) is 59.7 Å². The maximum absolute atomic E-state index is 12.6. The number of amides is 1. The molecule has 0 bridgehead atoms. The van der Waals surface area contributed by atoms with Crippen molar-refractivity contribution in [2.45, 2.75) is 51.1 Å². The number of nitrogens with one attached hydrogen (secondary N) is 1. The third kappa shape index (κ3) is 5.02. The van der Waals surface area contributed by atoms with Gasteiger partial charge >= 0.3 is 0 Å². The van der Waals surface area contributed by atoms with Crippen molar-refractivity contribution in [2.24, 2.45) is 0 Å². The van der Waals surface area contributed by atoms with Crippen LogP contribution in [0.2, 0.25) is 0 Å². The largest absolute Gasteiger partial charge is 0.369 e. The lowest BCUT2D eigenvalue weighted by Gasteiger charge is -2.27. The number of rotatable bonds is 8. The quantitative estimate of drug-likeness (QED) is 0.696. The highest BCUT2D eigenvalue weighted by molar-refractivity contribution is 7.89. The van der Waals surface area contributed by atoms with Crippen LogP contribution in [0.1, 0.15) is 49.5 Å². The van der Waals surface area contributed by atoms with Gasteiger partial charge in [0.1, 0.15) is 0 Å². The van der Waals surface area contributed by atoms with Crippen molar-refractivity contribution in [3.8, 4) is 0 Å². The van der Waals surface area contributed by atoms with E-state index >= 15 is 0 Å². The first-order valence-electron chi connectivity index (χ1n) is 10.6. The lowest BCUT2D eigenvalue weighted by atomic mass is 10.1. The second kappa shape index (κ2) is 9.62. The molecule has 1 heterocycles. The fourth-order valence-electron chi connectivity index (χ4n) is 3.79. The molecule has 6 nitrogen and oxygen atoms in total. The SMILES string of the molecule is CCN(c1ccc(C(=O)NCc2ccc(S(=O)(=O)N3CCCC3)cc2)cc1)C(C)C. The molecule has 1 aliphatic rings. The molecule has 0 aliphatic carbocycles. The second-order valence-corrected chi connectivity index (χ2v) is 9.80. The first-order valence-corrected chi connectivity index (χ1v) is 12.0. The molecule has 7 heteroatoms. The van der Waals surface area contributed by atoms with Gasteiger partial charge in [-0.1, -0.05) is 12.1 Å². The summed E-state index contributed by atoms with van der Waals surface area (Å²) >= 11 is 0. The van der Waals surface area contributed by atoms with E-state index in [0.29, 0.717) is 36.1 Å². The summed E-state index contributed by atoms with van der Waals surface area (Å²) < 4.78 is 26.7. The van der Waals surface area contributed by atoms with E-state index < -0.39 is 10.0 Å². The number of anilines is 1. The van der Waals surface area contributed by atoms with Crippen LogP contribution in [0.4, 0.5) is 5.69 Å². The molecule has 1 aliphatic heterocycles. The molecule has 3 rings (SSSR count). The second-order valence-electron chi connectivity index (χ2n) is 7.86. The highest BCUT2D eigenvalue weighted by Crippen LogP contribution is 2.21. The van der Waals surface area contributed by atoms with E-state index in [1.165, 1.54) is 4.31 Å². The van der Waals surface area contributed by atoms with Crippen LogP contribution >= 0.6 is 0 Å². The Morgan fingerprint density at radius 1 is 1.03 bits per heavy atom. The van der Waals surface area contributed by atoms with Crippen LogP contribution < -0.4 is 10.2 Å². The van der Waals surface area contributed by atoms with Gasteiger partial charge in [0.2, 0.25) is 10.0 Å². The van der Waals surface area contributed by atoms with Crippen LogP contribution in [0.3, 0.4) is 0 Å². The minimum Gasteiger partial charge on any atom is -0.369 e. The first-order chi connectivity index (χ1) is 14.3. The third-order valence-electron chi connectivity index (χ3n) is 5.50. The summed E-state index contributed by atoms with van der Waals surface area (Å²) in [5.41, 5.74) is 2.56. The molecule has 1 fully saturated rings. The molecule has 0 spiro atoms. The predicted octanol–water partition coefficient (Wildman–Crippen LogP) is 3.64. The Morgan fingerprint density at radius 2 is 1.63 bits per heavy atom. The van der Waals surface area contributed by atoms with Crippen LogP contribution in [-0.4, -0.2) is 44.3 Å². The number of sulfonamides is 1. The molecule has 0 unspecified atom stereocenters. The summed E-state index contributed by atoms with van der Waals surface area (Å²) in [6.45, 7) is 8.84. The summed E-state index contributed by atoms with van der Waals surface area (Å²) in [5, 5.41) is 2.90. The number of hydrogen-bond donors (Lipinski definition) is 1. The Hall–Kier alpha value is -2.38. The van der Waals surface area contributed by atoms with E-state index in [1.54, 1.807) is 24.3 Å². The Morgan fingerprint density at radius 3 is 2.17 bits per heavy atom.